The Balaban J connectivity index is 1.96. The minimum absolute atomic E-state index is 0.0111. The van der Waals surface area contributed by atoms with E-state index in [1.165, 1.54) is 19.3 Å². The van der Waals surface area contributed by atoms with Gasteiger partial charge in [-0.05, 0) is 57.3 Å². The van der Waals surface area contributed by atoms with E-state index >= 15 is 0 Å². The van der Waals surface area contributed by atoms with Crippen LogP contribution in [-0.4, -0.2) is 29.7 Å². The van der Waals surface area contributed by atoms with Crippen molar-refractivity contribution in [1.29, 1.82) is 0 Å². The lowest BCUT2D eigenvalue weighted by atomic mass is 9.66. The Kier molecular flexibility index (Phi) is 4.41. The number of ether oxygens (including phenoxy) is 2. The number of rotatable bonds is 5. The molecule has 2 fully saturated rings. The van der Waals surface area contributed by atoms with Crippen molar-refractivity contribution < 1.29 is 9.47 Å². The van der Waals surface area contributed by atoms with Gasteiger partial charge < -0.3 is 9.47 Å². The van der Waals surface area contributed by atoms with Crippen molar-refractivity contribution in [2.24, 2.45) is 17.3 Å². The van der Waals surface area contributed by atoms with Gasteiger partial charge in [-0.15, -0.1) is 0 Å². The monoisotopic (exact) mass is 332 g/mol. The van der Waals surface area contributed by atoms with Crippen molar-refractivity contribution in [2.75, 3.05) is 18.5 Å². The van der Waals surface area contributed by atoms with E-state index in [2.05, 4.69) is 50.5 Å². The number of fused-ring (bicyclic) bond motifs is 2. The lowest BCUT2D eigenvalue weighted by Crippen LogP contribution is -2.53. The van der Waals surface area contributed by atoms with E-state index < -0.39 is 0 Å². The fourth-order valence-electron chi connectivity index (χ4n) is 4.13. The molecule has 0 aliphatic heterocycles. The largest absolute Gasteiger partial charge is 0.373 e. The molecule has 0 aromatic rings. The number of hydrogen-bond acceptors (Lipinski definition) is 2. The predicted octanol–water partition coefficient (Wildman–Crippen LogP) is 4.41. The molecule has 0 heterocycles. The molecule has 2 nitrogen and oxygen atoms in total. The third-order valence-electron chi connectivity index (χ3n) is 5.38. The summed E-state index contributed by atoms with van der Waals surface area (Å²) in [5.74, 6) is 1.56. The Labute approximate surface area is 126 Å². The second kappa shape index (κ2) is 5.31. The summed E-state index contributed by atoms with van der Waals surface area (Å²) in [7, 11) is 0. The van der Waals surface area contributed by atoms with Crippen LogP contribution in [0.3, 0.4) is 0 Å². The van der Waals surface area contributed by atoms with Crippen molar-refractivity contribution in [3.63, 3.8) is 0 Å². The molecule has 0 radical (unpaired) electrons. The first-order valence-corrected chi connectivity index (χ1v) is 8.69. The molecule has 0 aromatic heterocycles. The molecule has 2 rings (SSSR count). The lowest BCUT2D eigenvalue weighted by molar-refractivity contribution is -0.154. The summed E-state index contributed by atoms with van der Waals surface area (Å²) < 4.78 is 12.2. The second-order valence-corrected chi connectivity index (χ2v) is 8.32. The molecule has 3 atom stereocenters. The van der Waals surface area contributed by atoms with Crippen LogP contribution in [0.15, 0.2) is 0 Å². The SMILES string of the molecule is CC(C)(C)OCCOC1(CBr)C2CCC(C2)C1(C)C. The zero-order valence-corrected chi connectivity index (χ0v) is 14.7. The summed E-state index contributed by atoms with van der Waals surface area (Å²) in [6.07, 6.45) is 4.06. The van der Waals surface area contributed by atoms with Gasteiger partial charge >= 0.3 is 0 Å². The van der Waals surface area contributed by atoms with Crippen molar-refractivity contribution in [3.8, 4) is 0 Å². The molecule has 0 spiro atoms. The maximum Gasteiger partial charge on any atom is 0.0861 e. The molecular weight excluding hydrogens is 304 g/mol. The molecule has 0 saturated heterocycles. The van der Waals surface area contributed by atoms with E-state index in [0.717, 1.165) is 17.2 Å². The van der Waals surface area contributed by atoms with Crippen LogP contribution >= 0.6 is 15.9 Å². The first-order valence-electron chi connectivity index (χ1n) is 7.57. The Morgan fingerprint density at radius 3 is 2.21 bits per heavy atom. The summed E-state index contributed by atoms with van der Waals surface area (Å²) in [5, 5.41) is 0.948. The fourth-order valence-corrected chi connectivity index (χ4v) is 5.47. The molecule has 2 bridgehead atoms. The molecule has 0 aromatic carbocycles. The van der Waals surface area contributed by atoms with Crippen LogP contribution < -0.4 is 0 Å². The zero-order valence-electron chi connectivity index (χ0n) is 13.1. The standard InChI is InChI=1S/C16H29BrO2/c1-14(2,3)18-8-9-19-16(11-17)13-7-6-12(10-13)15(16,4)5/h12-13H,6-11H2,1-5H3. The molecule has 2 aliphatic carbocycles. The average molecular weight is 333 g/mol. The fraction of sp³-hybridized carbons (Fsp3) is 1.00. The highest BCUT2D eigenvalue weighted by atomic mass is 79.9. The van der Waals surface area contributed by atoms with Gasteiger partial charge in [0.25, 0.3) is 0 Å². The smallest absolute Gasteiger partial charge is 0.0861 e. The van der Waals surface area contributed by atoms with Crippen LogP contribution in [0, 0.1) is 17.3 Å². The minimum Gasteiger partial charge on any atom is -0.373 e. The van der Waals surface area contributed by atoms with E-state index in [-0.39, 0.29) is 16.6 Å². The van der Waals surface area contributed by atoms with E-state index in [9.17, 15) is 0 Å². The van der Waals surface area contributed by atoms with Gasteiger partial charge in [0, 0.05) is 5.33 Å². The Hall–Kier alpha value is 0.400. The molecule has 112 valence electrons. The quantitative estimate of drug-likeness (QED) is 0.548. The molecule has 2 aliphatic rings. The van der Waals surface area contributed by atoms with E-state index in [0.29, 0.717) is 13.2 Å². The van der Waals surface area contributed by atoms with Gasteiger partial charge in [0.2, 0.25) is 0 Å². The third kappa shape index (κ3) is 2.75. The third-order valence-corrected chi connectivity index (χ3v) is 6.21. The molecule has 2 saturated carbocycles. The Bertz CT molecular complexity index is 321. The average Bonchev–Trinajstić information content (AvgIpc) is 2.83. The normalized spacial score (nSPS) is 36.9. The number of alkyl halides is 1. The number of hydrogen-bond donors (Lipinski definition) is 0. The van der Waals surface area contributed by atoms with E-state index in [1.54, 1.807) is 0 Å². The topological polar surface area (TPSA) is 18.5 Å². The summed E-state index contributed by atoms with van der Waals surface area (Å²) in [6, 6.07) is 0. The van der Waals surface area contributed by atoms with Gasteiger partial charge in [0.05, 0.1) is 24.4 Å². The summed E-state index contributed by atoms with van der Waals surface area (Å²) >= 11 is 3.74. The maximum atomic E-state index is 6.41. The first kappa shape index (κ1) is 15.8. The van der Waals surface area contributed by atoms with Gasteiger partial charge in [-0.3, -0.25) is 0 Å². The molecule has 0 amide bonds. The zero-order chi connectivity index (χ0) is 14.3. The molecule has 3 heteroatoms. The van der Waals surface area contributed by atoms with Crippen LogP contribution in [0.1, 0.15) is 53.9 Å². The maximum absolute atomic E-state index is 6.41. The minimum atomic E-state index is -0.0743. The van der Waals surface area contributed by atoms with Crippen molar-refractivity contribution in [1.82, 2.24) is 0 Å². The lowest BCUT2D eigenvalue weighted by Gasteiger charge is -2.48. The van der Waals surface area contributed by atoms with Crippen LogP contribution in [-0.2, 0) is 9.47 Å². The van der Waals surface area contributed by atoms with Gasteiger partial charge in [0.1, 0.15) is 0 Å². The van der Waals surface area contributed by atoms with Crippen molar-refractivity contribution in [3.05, 3.63) is 0 Å². The van der Waals surface area contributed by atoms with Gasteiger partial charge in [-0.1, -0.05) is 29.8 Å². The van der Waals surface area contributed by atoms with Gasteiger partial charge in [-0.2, -0.15) is 0 Å². The van der Waals surface area contributed by atoms with Crippen LogP contribution in [0.2, 0.25) is 0 Å². The van der Waals surface area contributed by atoms with E-state index in [4.69, 9.17) is 9.47 Å². The highest BCUT2D eigenvalue weighted by Crippen LogP contribution is 2.63. The summed E-state index contributed by atoms with van der Waals surface area (Å²) in [6.45, 7) is 12.4. The van der Waals surface area contributed by atoms with Crippen molar-refractivity contribution >= 4 is 15.9 Å². The Morgan fingerprint density at radius 1 is 1.11 bits per heavy atom. The first-order chi connectivity index (χ1) is 8.73. The summed E-state index contributed by atoms with van der Waals surface area (Å²) in [4.78, 5) is 0. The van der Waals surface area contributed by atoms with Gasteiger partial charge in [0.15, 0.2) is 0 Å². The van der Waals surface area contributed by atoms with Crippen molar-refractivity contribution in [2.45, 2.75) is 65.1 Å². The molecule has 3 unspecified atom stereocenters. The predicted molar refractivity (Wildman–Crippen MR) is 82.8 cm³/mol. The second-order valence-electron chi connectivity index (χ2n) is 7.76. The summed E-state index contributed by atoms with van der Waals surface area (Å²) in [5.41, 5.74) is 0.216. The van der Waals surface area contributed by atoms with E-state index in [1.807, 2.05) is 0 Å². The van der Waals surface area contributed by atoms with Gasteiger partial charge in [-0.25, -0.2) is 0 Å². The van der Waals surface area contributed by atoms with Crippen LogP contribution in [0.5, 0.6) is 0 Å². The Morgan fingerprint density at radius 2 is 1.74 bits per heavy atom. The van der Waals surface area contributed by atoms with Crippen LogP contribution in [0.4, 0.5) is 0 Å². The highest BCUT2D eigenvalue weighted by Gasteiger charge is 2.63. The number of halogens is 1. The van der Waals surface area contributed by atoms with Crippen LogP contribution in [0.25, 0.3) is 0 Å². The molecule has 0 N–H and O–H groups in total. The molecular formula is C16H29BrO2. The highest BCUT2D eigenvalue weighted by molar-refractivity contribution is 9.09. The molecule has 19 heavy (non-hydrogen) atoms.